The number of rotatable bonds is 6. The van der Waals surface area contributed by atoms with Crippen molar-refractivity contribution in [1.82, 2.24) is 4.31 Å². The normalized spacial score (nSPS) is 11.3. The van der Waals surface area contributed by atoms with E-state index in [0.29, 0.717) is 17.2 Å². The van der Waals surface area contributed by atoms with Crippen LogP contribution in [0.4, 0.5) is 11.4 Å². The molecule has 0 spiro atoms. The minimum absolute atomic E-state index is 0.0594. The highest BCUT2D eigenvalue weighted by Crippen LogP contribution is 2.27. The fraction of sp³-hybridized carbons (Fsp3) is 0.235. The van der Waals surface area contributed by atoms with Gasteiger partial charge in [-0.3, -0.25) is 4.79 Å². The fourth-order valence-corrected chi connectivity index (χ4v) is 3.18. The first-order valence-corrected chi connectivity index (χ1v) is 8.99. The van der Waals surface area contributed by atoms with E-state index in [0.717, 1.165) is 4.31 Å². The molecule has 0 radical (unpaired) electrons. The summed E-state index contributed by atoms with van der Waals surface area (Å²) in [5, 5.41) is 2.68. The van der Waals surface area contributed by atoms with Crippen molar-refractivity contribution < 1.29 is 22.7 Å². The molecule has 0 aliphatic heterocycles. The number of amides is 1. The Morgan fingerprint density at radius 3 is 2.08 bits per heavy atom. The number of nitrogens with zero attached hydrogens (tertiary/aromatic N) is 1. The number of hydrogen-bond donors (Lipinski definition) is 2. The maximum absolute atomic E-state index is 12.6. The second-order valence-electron chi connectivity index (χ2n) is 5.63. The minimum atomic E-state index is -3.72. The molecule has 0 saturated heterocycles. The van der Waals surface area contributed by atoms with Crippen molar-refractivity contribution in [1.29, 1.82) is 0 Å². The van der Waals surface area contributed by atoms with Crippen molar-refractivity contribution in [3.8, 4) is 11.5 Å². The molecule has 3 N–H and O–H groups in total. The van der Waals surface area contributed by atoms with E-state index in [1.54, 1.807) is 18.2 Å². The van der Waals surface area contributed by atoms with Gasteiger partial charge in [-0.15, -0.1) is 0 Å². The molecule has 0 aliphatic rings. The van der Waals surface area contributed by atoms with E-state index in [9.17, 15) is 13.2 Å². The first-order chi connectivity index (χ1) is 12.2. The first kappa shape index (κ1) is 19.5. The lowest BCUT2D eigenvalue weighted by molar-refractivity contribution is 0.102. The zero-order chi connectivity index (χ0) is 19.5. The zero-order valence-corrected chi connectivity index (χ0v) is 15.8. The van der Waals surface area contributed by atoms with Crippen molar-refractivity contribution in [3.63, 3.8) is 0 Å². The monoisotopic (exact) mass is 379 g/mol. The van der Waals surface area contributed by atoms with Gasteiger partial charge in [-0.05, 0) is 18.2 Å². The molecular formula is C17H21N3O5S. The van der Waals surface area contributed by atoms with Crippen molar-refractivity contribution in [2.75, 3.05) is 39.4 Å². The van der Waals surface area contributed by atoms with Crippen LogP contribution in [0.2, 0.25) is 0 Å². The highest BCUT2D eigenvalue weighted by molar-refractivity contribution is 7.89. The largest absolute Gasteiger partial charge is 0.497 e. The van der Waals surface area contributed by atoms with Crippen LogP contribution in [0.25, 0.3) is 0 Å². The molecule has 8 nitrogen and oxygen atoms in total. The number of nitrogen functional groups attached to an aromatic ring is 1. The maximum atomic E-state index is 12.6. The Hall–Kier alpha value is -2.78. The molecule has 1 amide bonds. The van der Waals surface area contributed by atoms with Crippen molar-refractivity contribution >= 4 is 27.3 Å². The van der Waals surface area contributed by atoms with Gasteiger partial charge in [0.2, 0.25) is 10.0 Å². The highest BCUT2D eigenvalue weighted by Gasteiger charge is 2.20. The van der Waals surface area contributed by atoms with Crippen LogP contribution in [0.1, 0.15) is 10.4 Å². The number of anilines is 2. The number of ether oxygens (including phenoxy) is 2. The van der Waals surface area contributed by atoms with Gasteiger partial charge in [0.1, 0.15) is 11.5 Å². The molecule has 0 heterocycles. The molecule has 26 heavy (non-hydrogen) atoms. The number of nitrogens with two attached hydrogens (primary N) is 1. The van der Waals surface area contributed by atoms with Crippen LogP contribution in [0.15, 0.2) is 41.3 Å². The van der Waals surface area contributed by atoms with Gasteiger partial charge in [0, 0.05) is 49.2 Å². The molecular weight excluding hydrogens is 358 g/mol. The number of nitrogens with one attached hydrogen (secondary N) is 1. The summed E-state index contributed by atoms with van der Waals surface area (Å²) in [6.07, 6.45) is 0. The smallest absolute Gasteiger partial charge is 0.255 e. The first-order valence-electron chi connectivity index (χ1n) is 7.55. The molecule has 0 aromatic heterocycles. The Kier molecular flexibility index (Phi) is 5.73. The number of benzene rings is 2. The second-order valence-corrected chi connectivity index (χ2v) is 7.79. The Bertz CT molecular complexity index is 904. The summed E-state index contributed by atoms with van der Waals surface area (Å²) in [6.45, 7) is 0. The molecule has 0 aliphatic carbocycles. The van der Waals surface area contributed by atoms with E-state index in [1.165, 1.54) is 46.5 Å². The second kappa shape index (κ2) is 7.63. The van der Waals surface area contributed by atoms with E-state index in [2.05, 4.69) is 5.32 Å². The average molecular weight is 379 g/mol. The summed E-state index contributed by atoms with van der Waals surface area (Å²) in [5.74, 6) is 0.494. The van der Waals surface area contributed by atoms with Gasteiger partial charge in [-0.25, -0.2) is 12.7 Å². The molecule has 0 fully saturated rings. The lowest BCUT2D eigenvalue weighted by Gasteiger charge is -2.14. The summed E-state index contributed by atoms with van der Waals surface area (Å²) in [4.78, 5) is 12.5. The number of methoxy groups -OCH3 is 2. The van der Waals surface area contributed by atoms with E-state index in [4.69, 9.17) is 15.2 Å². The Balaban J connectivity index is 2.38. The average Bonchev–Trinajstić information content (AvgIpc) is 2.60. The lowest BCUT2D eigenvalue weighted by Crippen LogP contribution is -2.23. The van der Waals surface area contributed by atoms with Gasteiger partial charge in [0.15, 0.2) is 0 Å². The summed E-state index contributed by atoms with van der Waals surface area (Å²) >= 11 is 0. The Morgan fingerprint density at radius 2 is 1.58 bits per heavy atom. The maximum Gasteiger partial charge on any atom is 0.255 e. The molecule has 2 aromatic rings. The predicted octanol–water partition coefficient (Wildman–Crippen LogP) is 1.79. The summed E-state index contributed by atoms with van der Waals surface area (Å²) < 4.78 is 35.9. The third-order valence-corrected chi connectivity index (χ3v) is 5.37. The molecule has 2 rings (SSSR count). The van der Waals surface area contributed by atoms with Gasteiger partial charge in [0.25, 0.3) is 5.91 Å². The van der Waals surface area contributed by atoms with E-state index >= 15 is 0 Å². The van der Waals surface area contributed by atoms with Crippen LogP contribution in [0, 0.1) is 0 Å². The van der Waals surface area contributed by atoms with Crippen LogP contribution >= 0.6 is 0 Å². The van der Waals surface area contributed by atoms with Crippen LogP contribution in [-0.2, 0) is 10.0 Å². The van der Waals surface area contributed by atoms with Gasteiger partial charge in [-0.2, -0.15) is 0 Å². The summed E-state index contributed by atoms with van der Waals surface area (Å²) in [6, 6.07) is 8.88. The Morgan fingerprint density at radius 1 is 1.00 bits per heavy atom. The highest BCUT2D eigenvalue weighted by atomic mass is 32.2. The molecule has 0 unspecified atom stereocenters. The van der Waals surface area contributed by atoms with Gasteiger partial charge in [0.05, 0.1) is 19.1 Å². The van der Waals surface area contributed by atoms with Gasteiger partial charge >= 0.3 is 0 Å². The minimum Gasteiger partial charge on any atom is -0.497 e. The number of sulfonamides is 1. The van der Waals surface area contributed by atoms with Gasteiger partial charge < -0.3 is 20.5 Å². The molecule has 0 bridgehead atoms. The van der Waals surface area contributed by atoms with Crippen LogP contribution in [0.3, 0.4) is 0 Å². The Labute approximate surface area is 152 Å². The van der Waals surface area contributed by atoms with Crippen molar-refractivity contribution in [2.45, 2.75) is 4.90 Å². The van der Waals surface area contributed by atoms with Crippen LogP contribution < -0.4 is 20.5 Å². The number of carbonyl (C=O) groups is 1. The third kappa shape index (κ3) is 4.24. The molecule has 2 aromatic carbocycles. The topological polar surface area (TPSA) is 111 Å². The SMILES string of the molecule is COc1cc(NC(=O)c2cc(N)cc(S(=O)(=O)N(C)C)c2)cc(OC)c1. The molecule has 0 saturated carbocycles. The zero-order valence-electron chi connectivity index (χ0n) is 14.9. The summed E-state index contributed by atoms with van der Waals surface area (Å²) in [7, 11) is 2.08. The predicted molar refractivity (Wildman–Crippen MR) is 99.2 cm³/mol. The van der Waals surface area contributed by atoms with Crippen molar-refractivity contribution in [3.05, 3.63) is 42.0 Å². The van der Waals surface area contributed by atoms with E-state index in [-0.39, 0.29) is 16.1 Å². The third-order valence-electron chi connectivity index (χ3n) is 3.58. The molecule has 0 atom stereocenters. The standard InChI is InChI=1S/C17H21N3O5S/c1-20(2)26(22,23)16-6-11(5-12(18)7-16)17(21)19-13-8-14(24-3)10-15(9-13)25-4/h5-10H,18H2,1-4H3,(H,19,21). The molecule has 9 heteroatoms. The van der Waals surface area contributed by atoms with Gasteiger partial charge in [-0.1, -0.05) is 0 Å². The van der Waals surface area contributed by atoms with Crippen molar-refractivity contribution in [2.24, 2.45) is 0 Å². The van der Waals surface area contributed by atoms with E-state index < -0.39 is 15.9 Å². The van der Waals surface area contributed by atoms with Crippen LogP contribution in [0.5, 0.6) is 11.5 Å². The fourth-order valence-electron chi connectivity index (χ4n) is 2.20. The molecule has 140 valence electrons. The van der Waals surface area contributed by atoms with E-state index in [1.807, 2.05) is 0 Å². The quantitative estimate of drug-likeness (QED) is 0.740. The number of carbonyl (C=O) groups excluding carboxylic acids is 1. The lowest BCUT2D eigenvalue weighted by atomic mass is 10.2. The number of hydrogen-bond acceptors (Lipinski definition) is 6. The summed E-state index contributed by atoms with van der Waals surface area (Å²) in [5.41, 5.74) is 6.50. The van der Waals surface area contributed by atoms with Crippen LogP contribution in [-0.4, -0.2) is 46.9 Å².